The second kappa shape index (κ2) is 13.4. The number of hydrogen-bond donors (Lipinski definition) is 0. The molecule has 57 heavy (non-hydrogen) atoms. The lowest BCUT2D eigenvalue weighted by molar-refractivity contribution is 1.10. The van der Waals surface area contributed by atoms with Crippen LogP contribution in [0.5, 0.6) is 0 Å². The van der Waals surface area contributed by atoms with Crippen LogP contribution in [0.4, 0.5) is 11.4 Å². The molecule has 0 spiro atoms. The highest BCUT2D eigenvalue weighted by Crippen LogP contribution is 2.52. The van der Waals surface area contributed by atoms with Crippen molar-refractivity contribution in [2.24, 2.45) is 0 Å². The Hall–Kier alpha value is -7.42. The van der Waals surface area contributed by atoms with Crippen molar-refractivity contribution >= 4 is 71.1 Å². The van der Waals surface area contributed by atoms with E-state index in [1.807, 2.05) is 0 Å². The molecule has 0 fully saturated rings. The number of fused-ring (bicyclic) bond motifs is 13. The zero-order valence-electron chi connectivity index (χ0n) is 31.4. The Morgan fingerprint density at radius 1 is 0.421 bits per heavy atom. The van der Waals surface area contributed by atoms with Crippen LogP contribution in [0.25, 0.3) is 87.6 Å². The Morgan fingerprint density at radius 2 is 0.965 bits per heavy atom. The third-order valence-corrected chi connectivity index (χ3v) is 11.6. The summed E-state index contributed by atoms with van der Waals surface area (Å²) >= 11 is 0. The summed E-state index contributed by atoms with van der Waals surface area (Å²) in [4.78, 5) is 2.53. The van der Waals surface area contributed by atoms with Crippen LogP contribution in [-0.2, 0) is 0 Å². The van der Waals surface area contributed by atoms with Crippen molar-refractivity contribution in [3.8, 4) is 27.9 Å². The zero-order chi connectivity index (χ0) is 37.9. The summed E-state index contributed by atoms with van der Waals surface area (Å²) in [5.74, 6) is 0. The lowest BCUT2D eigenvalue weighted by atomic mass is 9.85. The molecule has 1 aliphatic rings. The Kier molecular flexibility index (Phi) is 7.75. The number of aromatic nitrogens is 1. The Morgan fingerprint density at radius 3 is 1.63 bits per heavy atom. The summed E-state index contributed by atoms with van der Waals surface area (Å²) in [6, 6.07) is 66.3. The van der Waals surface area contributed by atoms with Crippen molar-refractivity contribution in [1.82, 2.24) is 4.57 Å². The second-order valence-corrected chi connectivity index (χ2v) is 14.9. The van der Waals surface area contributed by atoms with Gasteiger partial charge >= 0.3 is 0 Å². The number of nitrogens with zero attached hydrogens (tertiary/aromatic N) is 2. The first-order valence-electron chi connectivity index (χ1n) is 19.7. The molecule has 0 amide bonds. The summed E-state index contributed by atoms with van der Waals surface area (Å²) in [5, 5.41) is 9.85. The van der Waals surface area contributed by atoms with Crippen molar-refractivity contribution < 1.29 is 0 Å². The highest BCUT2D eigenvalue weighted by molar-refractivity contribution is 6.39. The lowest BCUT2D eigenvalue weighted by Gasteiger charge is -2.31. The molecule has 268 valence electrons. The topological polar surface area (TPSA) is 8.17 Å². The number of allylic oxidation sites excluding steroid dienone is 4. The van der Waals surface area contributed by atoms with Crippen molar-refractivity contribution in [2.75, 3.05) is 11.4 Å². The van der Waals surface area contributed by atoms with Crippen LogP contribution in [0.3, 0.4) is 0 Å². The van der Waals surface area contributed by atoms with E-state index in [-0.39, 0.29) is 0 Å². The maximum absolute atomic E-state index is 4.89. The normalized spacial score (nSPS) is 14.2. The molecule has 2 nitrogen and oxygen atoms in total. The van der Waals surface area contributed by atoms with Gasteiger partial charge in [-0.25, -0.2) is 0 Å². The van der Waals surface area contributed by atoms with Gasteiger partial charge in [0.05, 0.1) is 16.7 Å². The largest absolute Gasteiger partial charge is 0.337 e. The van der Waals surface area contributed by atoms with Gasteiger partial charge in [0.25, 0.3) is 0 Å². The second-order valence-electron chi connectivity index (χ2n) is 14.9. The van der Waals surface area contributed by atoms with Gasteiger partial charge in [0, 0.05) is 50.4 Å². The van der Waals surface area contributed by atoms with E-state index in [4.69, 9.17) is 6.58 Å². The molecular formula is C55H38N2. The maximum atomic E-state index is 4.89. The highest BCUT2D eigenvalue weighted by Gasteiger charge is 2.28. The third kappa shape index (κ3) is 5.26. The zero-order valence-corrected chi connectivity index (χ0v) is 31.4. The van der Waals surface area contributed by atoms with Crippen molar-refractivity contribution in [3.05, 3.63) is 218 Å². The summed E-state index contributed by atoms with van der Waals surface area (Å²) in [6.07, 6.45) is 8.78. The summed E-state index contributed by atoms with van der Waals surface area (Å²) in [6.45, 7) is 5.57. The minimum Gasteiger partial charge on any atom is -0.337 e. The first-order chi connectivity index (χ1) is 28.2. The van der Waals surface area contributed by atoms with Crippen LogP contribution in [0.15, 0.2) is 213 Å². The maximum Gasteiger partial charge on any atom is 0.0626 e. The van der Waals surface area contributed by atoms with Gasteiger partial charge in [-0.1, -0.05) is 176 Å². The average molecular weight is 727 g/mol. The van der Waals surface area contributed by atoms with Crippen LogP contribution in [0, 0.1) is 0 Å². The van der Waals surface area contributed by atoms with Crippen LogP contribution >= 0.6 is 0 Å². The van der Waals surface area contributed by atoms with E-state index in [1.54, 1.807) is 0 Å². The molecule has 0 N–H and O–H groups in total. The standard InChI is InChI=1S/C55H38N2/c1-37-20-6-5-19-33-56(43-35-40(38-21-7-2-8-22-38)34-41(36-43)39-23-9-3-10-24-39)54-46-29-15-13-27-44(46)51-45-28-14-16-30-47(45)55-52(53(51)50(37)54)48-31-17-18-32-49(48)57(55)42-25-11-4-12-26-42/h2-32,34-36H,1,33H2/b19-5-,20-6-. The van der Waals surface area contributed by atoms with Gasteiger partial charge in [0.15, 0.2) is 0 Å². The van der Waals surface area contributed by atoms with Gasteiger partial charge in [0.1, 0.15) is 0 Å². The molecule has 0 radical (unpaired) electrons. The van der Waals surface area contributed by atoms with Gasteiger partial charge in [-0.3, -0.25) is 0 Å². The van der Waals surface area contributed by atoms with Gasteiger partial charge in [-0.05, 0) is 80.4 Å². The number of hydrogen-bond acceptors (Lipinski definition) is 1. The average Bonchev–Trinajstić information content (AvgIpc) is 3.66. The van der Waals surface area contributed by atoms with E-state index in [0.29, 0.717) is 6.54 Å². The Bertz CT molecular complexity index is 3200. The molecule has 0 atom stereocenters. The van der Waals surface area contributed by atoms with Crippen LogP contribution in [-0.4, -0.2) is 11.1 Å². The molecule has 1 aromatic heterocycles. The van der Waals surface area contributed by atoms with E-state index in [2.05, 4.69) is 216 Å². The predicted molar refractivity (Wildman–Crippen MR) is 245 cm³/mol. The van der Waals surface area contributed by atoms with E-state index in [9.17, 15) is 0 Å². The molecule has 11 rings (SSSR count). The molecule has 2 heterocycles. The molecule has 2 heteroatoms. The molecule has 10 aromatic rings. The highest BCUT2D eigenvalue weighted by atomic mass is 15.1. The van der Waals surface area contributed by atoms with Crippen molar-refractivity contribution in [2.45, 2.75) is 0 Å². The first kappa shape index (κ1) is 33.0. The summed E-state index contributed by atoms with van der Waals surface area (Å²) < 4.78 is 2.47. The van der Waals surface area contributed by atoms with Gasteiger partial charge in [-0.15, -0.1) is 0 Å². The fourth-order valence-corrected chi connectivity index (χ4v) is 9.23. The molecule has 1 aliphatic heterocycles. The number of benzene rings is 9. The minimum absolute atomic E-state index is 0.676. The quantitative estimate of drug-likeness (QED) is 0.164. The van der Waals surface area contributed by atoms with Gasteiger partial charge in [-0.2, -0.15) is 0 Å². The Labute approximate surface area is 332 Å². The lowest BCUT2D eigenvalue weighted by Crippen LogP contribution is -2.19. The number of anilines is 2. The SMILES string of the molecule is C=C1/C=C\C=C/CN(c2cc(-c3ccccc3)cc(-c3ccccc3)c2)c2c1c1c(c3ccccc23)c2ccccc2c2c1c1ccccc1n2-c1ccccc1. The van der Waals surface area contributed by atoms with E-state index < -0.39 is 0 Å². The molecule has 0 unspecified atom stereocenters. The molecular weight excluding hydrogens is 689 g/mol. The third-order valence-electron chi connectivity index (χ3n) is 11.6. The molecule has 0 saturated carbocycles. The van der Waals surface area contributed by atoms with E-state index in [1.165, 1.54) is 76.4 Å². The fourth-order valence-electron chi connectivity index (χ4n) is 9.23. The van der Waals surface area contributed by atoms with Crippen LogP contribution in [0.1, 0.15) is 5.56 Å². The summed E-state index contributed by atoms with van der Waals surface area (Å²) in [7, 11) is 0. The van der Waals surface area contributed by atoms with Gasteiger partial charge in [0.2, 0.25) is 0 Å². The Balaban J connectivity index is 1.35. The molecule has 0 bridgehead atoms. The molecule has 0 aliphatic carbocycles. The first-order valence-corrected chi connectivity index (χ1v) is 19.7. The fraction of sp³-hybridized carbons (Fsp3) is 0.0182. The van der Waals surface area contributed by atoms with Crippen molar-refractivity contribution in [1.29, 1.82) is 0 Å². The minimum atomic E-state index is 0.676. The number of para-hydroxylation sites is 2. The smallest absolute Gasteiger partial charge is 0.0626 e. The predicted octanol–water partition coefficient (Wildman–Crippen LogP) is 14.9. The molecule has 0 saturated heterocycles. The number of rotatable bonds is 4. The van der Waals surface area contributed by atoms with Crippen LogP contribution < -0.4 is 4.90 Å². The van der Waals surface area contributed by atoms with Gasteiger partial charge < -0.3 is 9.47 Å². The summed E-state index contributed by atoms with van der Waals surface area (Å²) in [5.41, 5.74) is 12.7. The monoisotopic (exact) mass is 726 g/mol. The van der Waals surface area contributed by atoms with E-state index in [0.717, 1.165) is 28.2 Å². The van der Waals surface area contributed by atoms with Crippen LogP contribution in [0.2, 0.25) is 0 Å². The molecule has 9 aromatic carbocycles. The van der Waals surface area contributed by atoms with E-state index >= 15 is 0 Å². The van der Waals surface area contributed by atoms with Crippen molar-refractivity contribution in [3.63, 3.8) is 0 Å².